The quantitative estimate of drug-likeness (QED) is 0.302. The van der Waals surface area contributed by atoms with E-state index in [-0.39, 0.29) is 18.9 Å². The van der Waals surface area contributed by atoms with E-state index in [4.69, 9.17) is 5.11 Å². The highest BCUT2D eigenvalue weighted by molar-refractivity contribution is 5.84. The Balaban J connectivity index is 1.70. The van der Waals surface area contributed by atoms with E-state index in [2.05, 4.69) is 17.4 Å². The Morgan fingerprint density at radius 3 is 2.13 bits per heavy atom. The summed E-state index contributed by atoms with van der Waals surface area (Å²) in [5.41, 5.74) is 6.18. The molecule has 2 atom stereocenters. The summed E-state index contributed by atoms with van der Waals surface area (Å²) in [7, 11) is 0. The molecule has 0 aromatic heterocycles. The summed E-state index contributed by atoms with van der Waals surface area (Å²) in [5, 5.41) is 22.3. The molecule has 0 fully saturated rings. The molecule has 1 aliphatic carbocycles. The van der Waals surface area contributed by atoms with Gasteiger partial charge in [-0.3, -0.25) is 4.79 Å². The van der Waals surface area contributed by atoms with Gasteiger partial charge >= 0.3 is 18.0 Å². The predicted octanol–water partition coefficient (Wildman–Crippen LogP) is 5.57. The van der Waals surface area contributed by atoms with Gasteiger partial charge in [0.05, 0.1) is 6.42 Å². The van der Waals surface area contributed by atoms with Gasteiger partial charge in [-0.25, -0.2) is 9.59 Å². The van der Waals surface area contributed by atoms with Crippen molar-refractivity contribution in [3.8, 4) is 11.1 Å². The lowest BCUT2D eigenvalue weighted by molar-refractivity contribution is -0.140. The second-order valence-electron chi connectivity index (χ2n) is 10.6. The molecule has 4 rings (SSSR count). The summed E-state index contributed by atoms with van der Waals surface area (Å²) in [6.45, 7) is 4.18. The average molecular weight is 529 g/mol. The van der Waals surface area contributed by atoms with Crippen molar-refractivity contribution in [3.63, 3.8) is 0 Å². The van der Waals surface area contributed by atoms with E-state index in [9.17, 15) is 19.5 Å². The molecule has 1 aliphatic rings. The zero-order valence-corrected chi connectivity index (χ0v) is 22.5. The predicted molar refractivity (Wildman–Crippen MR) is 151 cm³/mol. The van der Waals surface area contributed by atoms with Crippen molar-refractivity contribution < 1.29 is 24.6 Å². The Morgan fingerprint density at radius 2 is 1.49 bits per heavy atom. The van der Waals surface area contributed by atoms with E-state index < -0.39 is 29.9 Å². The Kier molecular flexibility index (Phi) is 9.02. The first kappa shape index (κ1) is 27.9. The number of hydrogen-bond acceptors (Lipinski definition) is 3. The Bertz CT molecular complexity index is 1300. The lowest BCUT2D eigenvalue weighted by atomic mass is 9.83. The van der Waals surface area contributed by atoms with Gasteiger partial charge in [0, 0.05) is 19.0 Å². The number of nitrogens with one attached hydrogen (secondary N) is 1. The highest BCUT2D eigenvalue weighted by Crippen LogP contribution is 2.34. The maximum absolute atomic E-state index is 13.4. The fraction of sp³-hybridized carbons (Fsp3) is 0.344. The summed E-state index contributed by atoms with van der Waals surface area (Å²) in [5.74, 6) is -2.71. The van der Waals surface area contributed by atoms with Gasteiger partial charge in [-0.15, -0.1) is 0 Å². The number of hydrogen-bond donors (Lipinski definition) is 3. The summed E-state index contributed by atoms with van der Waals surface area (Å²) in [6, 6.07) is 22.0. The first-order valence-corrected chi connectivity index (χ1v) is 13.5. The molecule has 0 bridgehead atoms. The first-order valence-electron chi connectivity index (χ1n) is 13.5. The van der Waals surface area contributed by atoms with Gasteiger partial charge in [-0.1, -0.05) is 86.6 Å². The molecule has 204 valence electrons. The van der Waals surface area contributed by atoms with Crippen LogP contribution in [0.1, 0.15) is 54.9 Å². The van der Waals surface area contributed by atoms with Gasteiger partial charge in [0.25, 0.3) is 0 Å². The number of benzene rings is 3. The molecule has 7 heteroatoms. The fourth-order valence-electron chi connectivity index (χ4n) is 5.34. The zero-order valence-electron chi connectivity index (χ0n) is 22.5. The number of aliphatic carboxylic acids is 2. The van der Waals surface area contributed by atoms with E-state index in [1.54, 1.807) is 0 Å². The van der Waals surface area contributed by atoms with E-state index in [1.165, 1.54) is 16.0 Å². The molecule has 3 aromatic rings. The fourth-order valence-corrected chi connectivity index (χ4v) is 5.34. The smallest absolute Gasteiger partial charge is 0.327 e. The van der Waals surface area contributed by atoms with E-state index in [0.29, 0.717) is 6.54 Å². The van der Waals surface area contributed by atoms with Crippen LogP contribution in [0.5, 0.6) is 0 Å². The minimum absolute atomic E-state index is 0.000962. The number of nitrogens with zero attached hydrogens (tertiary/aromatic N) is 1. The molecular weight excluding hydrogens is 492 g/mol. The number of urea groups is 1. The number of carbonyl (C=O) groups is 3. The molecule has 0 saturated carbocycles. The molecule has 0 radical (unpaired) electrons. The van der Waals surface area contributed by atoms with Gasteiger partial charge in [-0.05, 0) is 58.6 Å². The SMILES string of the molecule is CC(C)CN(CCC(=O)O)C(=O)N[C@H](C(=O)O)C(c1ccc(-c2ccccc2)cc1)c1ccc2c(c1)CCC2. The second-order valence-corrected chi connectivity index (χ2v) is 10.6. The molecule has 3 N–H and O–H groups in total. The molecule has 3 aromatic carbocycles. The number of amides is 2. The van der Waals surface area contributed by atoms with Gasteiger partial charge in [-0.2, -0.15) is 0 Å². The standard InChI is InChI=1S/C32H36N2O5/c1-21(2)20-34(18-17-28(35)36)32(39)33-30(31(37)38)29(27-16-13-23-9-6-10-26(23)19-27)25-14-11-24(12-15-25)22-7-4-3-5-8-22/h3-5,7-8,11-16,19,21,29-30H,6,9-10,17-18,20H2,1-2H3,(H,33,39)(H,35,36)(H,37,38)/t29?,30-/m0/s1. The summed E-state index contributed by atoms with van der Waals surface area (Å²) in [6.07, 6.45) is 2.82. The van der Waals surface area contributed by atoms with Crippen LogP contribution in [-0.4, -0.2) is 52.2 Å². The highest BCUT2D eigenvalue weighted by Gasteiger charge is 2.34. The number of carbonyl (C=O) groups excluding carboxylic acids is 1. The van der Waals surface area contributed by atoms with Crippen molar-refractivity contribution in [1.82, 2.24) is 10.2 Å². The maximum Gasteiger partial charge on any atom is 0.327 e. The van der Waals surface area contributed by atoms with Crippen molar-refractivity contribution in [2.45, 2.75) is 51.5 Å². The monoisotopic (exact) mass is 528 g/mol. The molecule has 7 nitrogen and oxygen atoms in total. The lowest BCUT2D eigenvalue weighted by Crippen LogP contribution is -2.51. The van der Waals surface area contributed by atoms with E-state index >= 15 is 0 Å². The minimum atomic E-state index is -1.25. The minimum Gasteiger partial charge on any atom is -0.481 e. The van der Waals surface area contributed by atoms with Crippen LogP contribution in [0, 0.1) is 5.92 Å². The maximum atomic E-state index is 13.4. The van der Waals surface area contributed by atoms with Gasteiger partial charge in [0.15, 0.2) is 0 Å². The molecule has 39 heavy (non-hydrogen) atoms. The molecule has 0 heterocycles. The van der Waals surface area contributed by atoms with Gasteiger partial charge in [0.1, 0.15) is 6.04 Å². The number of carboxylic acid groups (broad SMARTS) is 2. The molecule has 0 aliphatic heterocycles. The third-order valence-corrected chi connectivity index (χ3v) is 7.21. The van der Waals surface area contributed by atoms with Crippen LogP contribution in [0.15, 0.2) is 72.8 Å². The van der Waals surface area contributed by atoms with Crippen molar-refractivity contribution in [3.05, 3.63) is 95.1 Å². The summed E-state index contributed by atoms with van der Waals surface area (Å²) in [4.78, 5) is 38.7. The van der Waals surface area contributed by atoms with Crippen LogP contribution in [-0.2, 0) is 22.4 Å². The number of carboxylic acids is 2. The van der Waals surface area contributed by atoms with Crippen molar-refractivity contribution in [1.29, 1.82) is 0 Å². The molecule has 1 unspecified atom stereocenters. The van der Waals surface area contributed by atoms with Crippen molar-refractivity contribution in [2.24, 2.45) is 5.92 Å². The number of fused-ring (bicyclic) bond motifs is 1. The van der Waals surface area contributed by atoms with Gasteiger partial charge < -0.3 is 20.4 Å². The molecule has 0 spiro atoms. The summed E-state index contributed by atoms with van der Waals surface area (Å²) < 4.78 is 0. The summed E-state index contributed by atoms with van der Waals surface area (Å²) >= 11 is 0. The second kappa shape index (κ2) is 12.6. The van der Waals surface area contributed by atoms with E-state index in [1.807, 2.05) is 74.5 Å². The zero-order chi connectivity index (χ0) is 27.9. The van der Waals surface area contributed by atoms with Gasteiger partial charge in [0.2, 0.25) is 0 Å². The molecule has 2 amide bonds. The van der Waals surface area contributed by atoms with E-state index in [0.717, 1.165) is 41.5 Å². The van der Waals surface area contributed by atoms with Crippen LogP contribution in [0.25, 0.3) is 11.1 Å². The third kappa shape index (κ3) is 7.05. The van der Waals surface area contributed by atoms with Crippen molar-refractivity contribution in [2.75, 3.05) is 13.1 Å². The Labute approximate surface area is 229 Å². The Hall–Kier alpha value is -4.13. The van der Waals surface area contributed by atoms with Crippen molar-refractivity contribution >= 4 is 18.0 Å². The van der Waals surface area contributed by atoms with Crippen LogP contribution in [0.4, 0.5) is 4.79 Å². The highest BCUT2D eigenvalue weighted by atomic mass is 16.4. The third-order valence-electron chi connectivity index (χ3n) is 7.21. The van der Waals surface area contributed by atoms with Crippen LogP contribution in [0.2, 0.25) is 0 Å². The number of rotatable bonds is 11. The number of aryl methyl sites for hydroxylation is 2. The van der Waals surface area contributed by atoms with Crippen LogP contribution >= 0.6 is 0 Å². The normalized spacial score (nSPS) is 13.9. The molecular formula is C32H36N2O5. The topological polar surface area (TPSA) is 107 Å². The molecule has 0 saturated heterocycles. The van der Waals surface area contributed by atoms with Crippen LogP contribution in [0.3, 0.4) is 0 Å². The van der Waals surface area contributed by atoms with Crippen LogP contribution < -0.4 is 5.32 Å². The lowest BCUT2D eigenvalue weighted by Gasteiger charge is -2.30. The largest absolute Gasteiger partial charge is 0.481 e. The average Bonchev–Trinajstić information content (AvgIpc) is 3.39. The first-order chi connectivity index (χ1) is 18.7. The Morgan fingerprint density at radius 1 is 0.846 bits per heavy atom.